The highest BCUT2D eigenvalue weighted by molar-refractivity contribution is 5.92. The van der Waals surface area contributed by atoms with Gasteiger partial charge in [-0.1, -0.05) is 0 Å². The number of carbonyl (C=O) groups is 1. The molecule has 0 unspecified atom stereocenters. The molecule has 2 rings (SSSR count). The van der Waals surface area contributed by atoms with E-state index in [1.54, 1.807) is 0 Å². The number of carbonyl (C=O) groups excluding carboxylic acids is 1. The lowest BCUT2D eigenvalue weighted by Crippen LogP contribution is -2.38. The monoisotopic (exact) mass is 300 g/mol. The van der Waals surface area contributed by atoms with E-state index in [4.69, 9.17) is 5.73 Å². The summed E-state index contributed by atoms with van der Waals surface area (Å²) in [7, 11) is 0. The second-order valence-corrected chi connectivity index (χ2v) is 6.42. The summed E-state index contributed by atoms with van der Waals surface area (Å²) < 4.78 is 1.99. The first-order valence-corrected chi connectivity index (χ1v) is 6.94. The molecule has 1 aromatic heterocycles. The lowest BCUT2D eigenvalue weighted by molar-refractivity contribution is 0.0934. The molecule has 0 bridgehead atoms. The van der Waals surface area contributed by atoms with E-state index in [0.29, 0.717) is 18.2 Å². The Hall–Kier alpha value is -1.07. The molecule has 0 aliphatic heterocycles. The molecule has 0 spiro atoms. The van der Waals surface area contributed by atoms with Crippen molar-refractivity contribution in [2.45, 2.75) is 58.0 Å². The van der Waals surface area contributed by atoms with Crippen LogP contribution >= 0.6 is 12.4 Å². The van der Waals surface area contributed by atoms with Crippen molar-refractivity contribution in [1.29, 1.82) is 0 Å². The molecule has 6 heteroatoms. The van der Waals surface area contributed by atoms with E-state index < -0.39 is 0 Å². The molecule has 1 aliphatic rings. The average molecular weight is 301 g/mol. The van der Waals surface area contributed by atoms with Crippen molar-refractivity contribution in [3.05, 3.63) is 17.5 Å². The molecule has 5 nitrogen and oxygen atoms in total. The Morgan fingerprint density at radius 1 is 1.55 bits per heavy atom. The van der Waals surface area contributed by atoms with Gasteiger partial charge in [0.15, 0.2) is 0 Å². The van der Waals surface area contributed by atoms with Crippen LogP contribution in [0.5, 0.6) is 0 Å². The maximum atomic E-state index is 12.1. The minimum absolute atomic E-state index is 0. The molecule has 1 amide bonds. The zero-order valence-corrected chi connectivity index (χ0v) is 13.5. The highest BCUT2D eigenvalue weighted by Gasteiger charge is 2.32. The minimum atomic E-state index is -0.136. The number of halogens is 1. The molecule has 0 saturated heterocycles. The molecule has 1 heterocycles. The Balaban J connectivity index is 0.00000200. The number of nitrogens with two attached hydrogens (primary N) is 1. The van der Waals surface area contributed by atoms with Gasteiger partial charge in [0.25, 0.3) is 5.91 Å². The fraction of sp³-hybridized carbons (Fsp3) is 0.714. The summed E-state index contributed by atoms with van der Waals surface area (Å²) in [6.07, 6.45) is 2.39. The van der Waals surface area contributed by atoms with Gasteiger partial charge in [0, 0.05) is 24.2 Å². The number of nitrogens with one attached hydrogen (secondary N) is 1. The molecule has 20 heavy (non-hydrogen) atoms. The molecule has 114 valence electrons. The molecule has 1 aromatic rings. The van der Waals surface area contributed by atoms with E-state index >= 15 is 0 Å². The van der Waals surface area contributed by atoms with Crippen molar-refractivity contribution >= 4 is 18.3 Å². The summed E-state index contributed by atoms with van der Waals surface area (Å²) >= 11 is 0. The molecular formula is C14H25ClN4O. The van der Waals surface area contributed by atoms with Gasteiger partial charge in [0.1, 0.15) is 5.69 Å². The Morgan fingerprint density at radius 2 is 2.15 bits per heavy atom. The second-order valence-electron chi connectivity index (χ2n) is 6.42. The van der Waals surface area contributed by atoms with E-state index in [2.05, 4.69) is 31.2 Å². The van der Waals surface area contributed by atoms with Crippen molar-refractivity contribution in [3.63, 3.8) is 0 Å². The van der Waals surface area contributed by atoms with E-state index in [9.17, 15) is 4.79 Å². The van der Waals surface area contributed by atoms with Crippen LogP contribution in [0.2, 0.25) is 0 Å². The largest absolute Gasteiger partial charge is 0.347 e. The Bertz CT molecular complexity index is 474. The number of hydrogen-bond acceptors (Lipinski definition) is 3. The van der Waals surface area contributed by atoms with Gasteiger partial charge in [-0.25, -0.2) is 0 Å². The number of rotatable bonds is 4. The third kappa shape index (κ3) is 3.73. The molecule has 1 aliphatic carbocycles. The first-order valence-electron chi connectivity index (χ1n) is 6.94. The van der Waals surface area contributed by atoms with Gasteiger partial charge in [-0.3, -0.25) is 9.48 Å². The van der Waals surface area contributed by atoms with Crippen LogP contribution in [0.1, 0.15) is 62.6 Å². The summed E-state index contributed by atoms with van der Waals surface area (Å²) in [5, 5.41) is 7.35. The van der Waals surface area contributed by atoms with Crippen LogP contribution in [0.25, 0.3) is 0 Å². The maximum Gasteiger partial charge on any atom is 0.272 e. The van der Waals surface area contributed by atoms with E-state index in [1.807, 2.05) is 17.7 Å². The first kappa shape index (κ1) is 17.0. The van der Waals surface area contributed by atoms with Crippen molar-refractivity contribution in [2.24, 2.45) is 5.73 Å². The number of aromatic nitrogens is 2. The average Bonchev–Trinajstić information content (AvgIpc) is 3.05. The van der Waals surface area contributed by atoms with Gasteiger partial charge in [0.05, 0.1) is 5.54 Å². The smallest absolute Gasteiger partial charge is 0.272 e. The van der Waals surface area contributed by atoms with E-state index in [-0.39, 0.29) is 29.9 Å². The lowest BCUT2D eigenvalue weighted by Gasteiger charge is -2.22. The molecule has 1 fully saturated rings. The highest BCUT2D eigenvalue weighted by Crippen LogP contribution is 2.41. The fourth-order valence-corrected chi connectivity index (χ4v) is 2.07. The Kier molecular flexibility index (Phi) is 5.21. The van der Waals surface area contributed by atoms with Gasteiger partial charge in [-0.2, -0.15) is 5.10 Å². The van der Waals surface area contributed by atoms with E-state index in [1.165, 1.54) is 18.5 Å². The molecule has 0 radical (unpaired) electrons. The van der Waals surface area contributed by atoms with Crippen molar-refractivity contribution in [1.82, 2.24) is 15.1 Å². The summed E-state index contributed by atoms with van der Waals surface area (Å²) in [6.45, 7) is 8.64. The van der Waals surface area contributed by atoms with Gasteiger partial charge in [-0.05, 0) is 46.6 Å². The van der Waals surface area contributed by atoms with Crippen LogP contribution in [-0.4, -0.2) is 28.3 Å². The van der Waals surface area contributed by atoms with Crippen LogP contribution in [-0.2, 0) is 5.54 Å². The van der Waals surface area contributed by atoms with Crippen molar-refractivity contribution in [2.75, 3.05) is 6.54 Å². The van der Waals surface area contributed by atoms with Gasteiger partial charge >= 0.3 is 0 Å². The van der Waals surface area contributed by atoms with E-state index in [0.717, 1.165) is 0 Å². The van der Waals surface area contributed by atoms with Crippen molar-refractivity contribution in [3.8, 4) is 0 Å². The second kappa shape index (κ2) is 6.14. The Labute approximate surface area is 126 Å². The highest BCUT2D eigenvalue weighted by atomic mass is 35.5. The third-order valence-corrected chi connectivity index (χ3v) is 3.33. The van der Waals surface area contributed by atoms with Crippen molar-refractivity contribution < 1.29 is 4.79 Å². The minimum Gasteiger partial charge on any atom is -0.347 e. The normalized spacial score (nSPS) is 16.4. The number of amides is 1. The summed E-state index contributed by atoms with van der Waals surface area (Å²) in [5.41, 5.74) is 7.10. The molecule has 0 aromatic carbocycles. The number of nitrogens with zero attached hydrogens (tertiary/aromatic N) is 2. The molecule has 1 atom stereocenters. The molecular weight excluding hydrogens is 276 g/mol. The summed E-state index contributed by atoms with van der Waals surface area (Å²) in [4.78, 5) is 12.1. The lowest BCUT2D eigenvalue weighted by atomic mass is 10.1. The predicted molar refractivity (Wildman–Crippen MR) is 82.4 cm³/mol. The van der Waals surface area contributed by atoms with Gasteiger partial charge in [0.2, 0.25) is 0 Å². The fourth-order valence-electron chi connectivity index (χ4n) is 2.07. The summed E-state index contributed by atoms with van der Waals surface area (Å²) in [5.74, 6) is 0.433. The SMILES string of the molecule is C[C@@H](CN)NC(=O)c1cc(C2CC2)n(C(C)(C)C)n1.Cl. The summed E-state index contributed by atoms with van der Waals surface area (Å²) in [6, 6.07) is 1.90. The first-order chi connectivity index (χ1) is 8.82. The quantitative estimate of drug-likeness (QED) is 0.893. The zero-order valence-electron chi connectivity index (χ0n) is 12.6. The Morgan fingerprint density at radius 3 is 2.60 bits per heavy atom. The molecule has 1 saturated carbocycles. The zero-order chi connectivity index (χ0) is 14.2. The van der Waals surface area contributed by atoms with Crippen LogP contribution < -0.4 is 11.1 Å². The topological polar surface area (TPSA) is 72.9 Å². The van der Waals surface area contributed by atoms with Gasteiger partial charge < -0.3 is 11.1 Å². The molecule has 3 N–H and O–H groups in total. The third-order valence-electron chi connectivity index (χ3n) is 3.33. The van der Waals surface area contributed by atoms with Gasteiger partial charge in [-0.15, -0.1) is 12.4 Å². The van der Waals surface area contributed by atoms with Crippen LogP contribution in [0.4, 0.5) is 0 Å². The van der Waals surface area contributed by atoms with Crippen LogP contribution in [0, 0.1) is 0 Å². The predicted octanol–water partition coefficient (Wildman–Crippen LogP) is 2.01. The van der Waals surface area contributed by atoms with Crippen LogP contribution in [0.15, 0.2) is 6.07 Å². The van der Waals surface area contributed by atoms with Crippen LogP contribution in [0.3, 0.4) is 0 Å². The number of hydrogen-bond donors (Lipinski definition) is 2. The standard InChI is InChI=1S/C14H24N4O.ClH/c1-9(8-15)16-13(19)11-7-12(10-5-6-10)18(17-11)14(2,3)4;/h7,9-10H,5-6,8,15H2,1-4H3,(H,16,19);1H/t9-;/m0./s1. The maximum absolute atomic E-state index is 12.1.